The fourth-order valence-electron chi connectivity index (χ4n) is 0.804. The Morgan fingerprint density at radius 2 is 2.25 bits per heavy atom. The van der Waals surface area contributed by atoms with Gasteiger partial charge >= 0.3 is 0 Å². The number of hydrogen-bond acceptors (Lipinski definition) is 2. The van der Waals surface area contributed by atoms with Crippen molar-refractivity contribution in [3.8, 4) is 0 Å². The lowest BCUT2D eigenvalue weighted by molar-refractivity contribution is 0.146. The van der Waals surface area contributed by atoms with Gasteiger partial charge in [-0.2, -0.15) is 0 Å². The molecule has 0 saturated carbocycles. The summed E-state index contributed by atoms with van der Waals surface area (Å²) in [4.78, 5) is 3.64. The molecule has 1 aromatic rings. The summed E-state index contributed by atoms with van der Waals surface area (Å²) in [6.07, 6.45) is -1.23. The first-order valence-corrected chi connectivity index (χ1v) is 3.97. The van der Waals surface area contributed by atoms with Crippen molar-refractivity contribution in [3.63, 3.8) is 0 Å². The van der Waals surface area contributed by atoms with Gasteiger partial charge in [-0.05, 0) is 22.0 Å². The van der Waals surface area contributed by atoms with Gasteiger partial charge in [0.05, 0.1) is 12.3 Å². The predicted octanol–water partition coefficient (Wildman–Crippen LogP) is 2.27. The van der Waals surface area contributed by atoms with Crippen LogP contribution in [0.5, 0.6) is 0 Å². The Morgan fingerprint density at radius 3 is 2.75 bits per heavy atom. The molecule has 0 spiro atoms. The third-order valence-corrected chi connectivity index (χ3v) is 1.79. The van der Waals surface area contributed by atoms with E-state index in [9.17, 15) is 8.78 Å². The van der Waals surface area contributed by atoms with E-state index in [1.165, 1.54) is 12.3 Å². The molecule has 1 rings (SSSR count). The van der Waals surface area contributed by atoms with E-state index in [-0.39, 0.29) is 11.3 Å². The van der Waals surface area contributed by atoms with Gasteiger partial charge in [0, 0.05) is 16.2 Å². The topological polar surface area (TPSA) is 33.1 Å². The fourth-order valence-corrected chi connectivity index (χ4v) is 1.15. The average molecular weight is 238 g/mol. The lowest BCUT2D eigenvalue weighted by Gasteiger charge is -2.04. The minimum Gasteiger partial charge on any atom is -0.390 e. The number of aliphatic hydroxyl groups excluding tert-OH is 1. The summed E-state index contributed by atoms with van der Waals surface area (Å²) in [6, 6.07) is 1.25. The van der Waals surface area contributed by atoms with Gasteiger partial charge in [0.1, 0.15) is 0 Å². The maximum Gasteiger partial charge on any atom is 0.265 e. The monoisotopic (exact) mass is 237 g/mol. The fraction of sp³-hybridized carbons (Fsp3) is 0.286. The van der Waals surface area contributed by atoms with Crippen LogP contribution in [-0.2, 0) is 6.61 Å². The molecule has 0 atom stereocenters. The normalized spacial score (nSPS) is 10.8. The first kappa shape index (κ1) is 9.54. The third-order valence-electron chi connectivity index (χ3n) is 1.36. The summed E-state index contributed by atoms with van der Waals surface area (Å²) in [5, 5.41) is 8.65. The highest BCUT2D eigenvalue weighted by atomic mass is 79.9. The molecule has 0 aliphatic heterocycles. The molecule has 0 aliphatic rings. The summed E-state index contributed by atoms with van der Waals surface area (Å²) in [6.45, 7) is -0.465. The molecule has 0 aromatic carbocycles. The highest BCUT2D eigenvalue weighted by molar-refractivity contribution is 9.10. The standard InChI is InChI=1S/C7H6BrF2NO/c8-4-1-5(7(9)10)6(3-12)11-2-4/h1-2,7,12H,3H2. The van der Waals surface area contributed by atoms with Crippen molar-refractivity contribution in [1.82, 2.24) is 4.98 Å². The van der Waals surface area contributed by atoms with Crippen LogP contribution in [0.4, 0.5) is 8.78 Å². The second-order valence-electron chi connectivity index (χ2n) is 2.15. The van der Waals surface area contributed by atoms with Gasteiger partial charge in [-0.1, -0.05) is 0 Å². The summed E-state index contributed by atoms with van der Waals surface area (Å²) in [7, 11) is 0. The van der Waals surface area contributed by atoms with Gasteiger partial charge in [-0.15, -0.1) is 0 Å². The van der Waals surface area contributed by atoms with Crippen LogP contribution in [0.15, 0.2) is 16.7 Å². The number of aliphatic hydroxyl groups is 1. The smallest absolute Gasteiger partial charge is 0.265 e. The molecule has 1 aromatic heterocycles. The molecular formula is C7H6BrF2NO. The molecule has 0 radical (unpaired) electrons. The van der Waals surface area contributed by atoms with Crippen LogP contribution in [0.2, 0.25) is 0 Å². The molecule has 12 heavy (non-hydrogen) atoms. The van der Waals surface area contributed by atoms with Gasteiger partial charge in [-0.3, -0.25) is 4.98 Å². The number of aromatic nitrogens is 1. The van der Waals surface area contributed by atoms with Crippen molar-refractivity contribution in [2.45, 2.75) is 13.0 Å². The van der Waals surface area contributed by atoms with Crippen molar-refractivity contribution in [3.05, 3.63) is 28.0 Å². The van der Waals surface area contributed by atoms with Crippen LogP contribution in [0.3, 0.4) is 0 Å². The summed E-state index contributed by atoms with van der Waals surface area (Å²) in [5.74, 6) is 0. The van der Waals surface area contributed by atoms with E-state index in [1.807, 2.05) is 0 Å². The molecule has 0 aliphatic carbocycles. The van der Waals surface area contributed by atoms with Gasteiger partial charge in [0.15, 0.2) is 0 Å². The molecule has 0 amide bonds. The molecule has 0 bridgehead atoms. The zero-order valence-electron chi connectivity index (χ0n) is 5.97. The van der Waals surface area contributed by atoms with E-state index in [4.69, 9.17) is 5.11 Å². The number of halogens is 3. The molecule has 1 heterocycles. The van der Waals surface area contributed by atoms with Crippen LogP contribution < -0.4 is 0 Å². The Bertz CT molecular complexity index is 280. The maximum absolute atomic E-state index is 12.2. The maximum atomic E-state index is 12.2. The third kappa shape index (κ3) is 1.98. The van der Waals surface area contributed by atoms with E-state index in [1.54, 1.807) is 0 Å². The summed E-state index contributed by atoms with van der Waals surface area (Å²) in [5.41, 5.74) is -0.208. The molecule has 66 valence electrons. The number of pyridine rings is 1. The zero-order valence-corrected chi connectivity index (χ0v) is 7.55. The van der Waals surface area contributed by atoms with Gasteiger partial charge in [0.2, 0.25) is 0 Å². The van der Waals surface area contributed by atoms with Gasteiger partial charge in [-0.25, -0.2) is 8.78 Å². The van der Waals surface area contributed by atoms with Crippen LogP contribution in [0.1, 0.15) is 17.7 Å². The van der Waals surface area contributed by atoms with E-state index in [2.05, 4.69) is 20.9 Å². The van der Waals surface area contributed by atoms with Crippen LogP contribution >= 0.6 is 15.9 Å². The number of nitrogens with zero attached hydrogens (tertiary/aromatic N) is 1. The molecule has 1 N–H and O–H groups in total. The van der Waals surface area contributed by atoms with Crippen LogP contribution in [-0.4, -0.2) is 10.1 Å². The first-order chi connectivity index (χ1) is 5.65. The minimum atomic E-state index is -2.60. The number of alkyl halides is 2. The van der Waals surface area contributed by atoms with E-state index in [0.717, 1.165) is 0 Å². The van der Waals surface area contributed by atoms with Crippen molar-refractivity contribution >= 4 is 15.9 Å². The Balaban J connectivity index is 3.12. The van der Waals surface area contributed by atoms with Crippen LogP contribution in [0.25, 0.3) is 0 Å². The van der Waals surface area contributed by atoms with Crippen molar-refractivity contribution in [2.24, 2.45) is 0 Å². The number of hydrogen-bond donors (Lipinski definition) is 1. The molecule has 0 saturated heterocycles. The first-order valence-electron chi connectivity index (χ1n) is 3.18. The quantitative estimate of drug-likeness (QED) is 0.857. The second-order valence-corrected chi connectivity index (χ2v) is 3.06. The van der Waals surface area contributed by atoms with E-state index in [0.29, 0.717) is 4.47 Å². The summed E-state index contributed by atoms with van der Waals surface area (Å²) >= 11 is 3.02. The van der Waals surface area contributed by atoms with Crippen molar-refractivity contribution in [2.75, 3.05) is 0 Å². The number of rotatable bonds is 2. The molecular weight excluding hydrogens is 232 g/mol. The highest BCUT2D eigenvalue weighted by Gasteiger charge is 2.13. The second kappa shape index (κ2) is 3.91. The molecule has 0 fully saturated rings. The van der Waals surface area contributed by atoms with Crippen molar-refractivity contribution in [1.29, 1.82) is 0 Å². The molecule has 5 heteroatoms. The van der Waals surface area contributed by atoms with Crippen LogP contribution in [0, 0.1) is 0 Å². The highest BCUT2D eigenvalue weighted by Crippen LogP contribution is 2.24. The minimum absolute atomic E-state index is 0.0215. The Hall–Kier alpha value is -0.550. The largest absolute Gasteiger partial charge is 0.390 e. The van der Waals surface area contributed by atoms with E-state index >= 15 is 0 Å². The Morgan fingerprint density at radius 1 is 1.58 bits per heavy atom. The lowest BCUT2D eigenvalue weighted by Crippen LogP contribution is -1.97. The van der Waals surface area contributed by atoms with Gasteiger partial charge < -0.3 is 5.11 Å². The zero-order chi connectivity index (χ0) is 9.14. The summed E-state index contributed by atoms with van der Waals surface area (Å²) < 4.78 is 24.9. The van der Waals surface area contributed by atoms with E-state index < -0.39 is 13.0 Å². The molecule has 0 unspecified atom stereocenters. The predicted molar refractivity (Wildman–Crippen MR) is 42.8 cm³/mol. The average Bonchev–Trinajstić information content (AvgIpc) is 2.04. The SMILES string of the molecule is OCc1ncc(Br)cc1C(F)F. The Kier molecular flexibility index (Phi) is 3.11. The molecule has 2 nitrogen and oxygen atoms in total. The van der Waals surface area contributed by atoms with Crippen molar-refractivity contribution < 1.29 is 13.9 Å². The lowest BCUT2D eigenvalue weighted by atomic mass is 10.2. The van der Waals surface area contributed by atoms with Gasteiger partial charge in [0.25, 0.3) is 6.43 Å². The Labute approximate surface area is 76.4 Å².